The second-order valence-corrected chi connectivity index (χ2v) is 7.50. The van der Waals surface area contributed by atoms with Crippen molar-refractivity contribution in [1.82, 2.24) is 20.1 Å². The molecule has 7 nitrogen and oxygen atoms in total. The summed E-state index contributed by atoms with van der Waals surface area (Å²) in [5.74, 6) is 0.220. The molecule has 1 atom stereocenters. The minimum Gasteiger partial charge on any atom is -0.370 e. The van der Waals surface area contributed by atoms with E-state index in [1.54, 1.807) is 19.3 Å². The highest BCUT2D eigenvalue weighted by atomic mass is 32.1. The van der Waals surface area contributed by atoms with Crippen molar-refractivity contribution in [2.45, 2.75) is 6.42 Å². The van der Waals surface area contributed by atoms with Gasteiger partial charge < -0.3 is 10.2 Å². The largest absolute Gasteiger partial charge is 0.370 e. The average Bonchev–Trinajstić information content (AvgIpc) is 3.28. The summed E-state index contributed by atoms with van der Waals surface area (Å²) >= 11 is 1.41. The molecule has 1 aromatic carbocycles. The topological polar surface area (TPSA) is 80.1 Å². The zero-order valence-electron chi connectivity index (χ0n) is 14.4. The highest BCUT2D eigenvalue weighted by Gasteiger charge is 2.24. The van der Waals surface area contributed by atoms with E-state index in [0.717, 1.165) is 35.4 Å². The first kappa shape index (κ1) is 16.7. The van der Waals surface area contributed by atoms with Gasteiger partial charge in [0.05, 0.1) is 22.1 Å². The molecule has 4 rings (SSSR count). The minimum absolute atomic E-state index is 0.116. The lowest BCUT2D eigenvalue weighted by Crippen LogP contribution is -2.31. The number of hydrogen-bond donors (Lipinski definition) is 1. The molecule has 0 radical (unpaired) electrons. The monoisotopic (exact) mass is 369 g/mol. The van der Waals surface area contributed by atoms with Crippen molar-refractivity contribution >= 4 is 33.1 Å². The number of aromatic nitrogens is 3. The number of anilines is 1. The molecule has 1 unspecified atom stereocenters. The average molecular weight is 369 g/mol. The summed E-state index contributed by atoms with van der Waals surface area (Å²) in [5, 5.41) is 7.56. The molecular weight excluding hydrogens is 350 g/mol. The van der Waals surface area contributed by atoms with Crippen molar-refractivity contribution in [1.29, 1.82) is 0 Å². The first-order valence-corrected chi connectivity index (χ1v) is 9.34. The van der Waals surface area contributed by atoms with E-state index < -0.39 is 0 Å². The van der Waals surface area contributed by atoms with Gasteiger partial charge in [0.1, 0.15) is 0 Å². The number of amides is 1. The van der Waals surface area contributed by atoms with Gasteiger partial charge in [-0.25, -0.2) is 9.67 Å². The van der Waals surface area contributed by atoms with E-state index in [1.165, 1.54) is 16.0 Å². The van der Waals surface area contributed by atoms with Crippen LogP contribution >= 0.6 is 11.3 Å². The summed E-state index contributed by atoms with van der Waals surface area (Å²) in [6.07, 6.45) is 2.68. The quantitative estimate of drug-likeness (QED) is 0.756. The van der Waals surface area contributed by atoms with Gasteiger partial charge in [-0.2, -0.15) is 5.10 Å². The summed E-state index contributed by atoms with van der Waals surface area (Å²) in [6, 6.07) is 9.35. The third-order valence-electron chi connectivity index (χ3n) is 4.64. The maximum Gasteiger partial charge on any atom is 0.280 e. The number of rotatable bonds is 4. The van der Waals surface area contributed by atoms with Crippen LogP contribution in [0.15, 0.2) is 41.3 Å². The van der Waals surface area contributed by atoms with Gasteiger partial charge in [-0.1, -0.05) is 12.1 Å². The van der Waals surface area contributed by atoms with Crippen LogP contribution < -0.4 is 15.8 Å². The van der Waals surface area contributed by atoms with Crippen LogP contribution in [0.5, 0.6) is 0 Å². The highest BCUT2D eigenvalue weighted by Crippen LogP contribution is 2.23. The number of nitrogens with one attached hydrogen (secondary N) is 1. The Morgan fingerprint density at radius 1 is 1.38 bits per heavy atom. The standard InChI is InChI=1S/C18H19N5O2S/c1-22-16(24)8-13(10-20-22)23-7-6-12(11-23)9-19-17(25)18-21-14-4-2-3-5-15(14)26-18/h2-5,8,10,12H,6-7,9,11H2,1H3,(H,19,25). The van der Waals surface area contributed by atoms with E-state index in [-0.39, 0.29) is 11.5 Å². The van der Waals surface area contributed by atoms with Gasteiger partial charge in [0.25, 0.3) is 11.5 Å². The first-order chi connectivity index (χ1) is 12.6. The lowest BCUT2D eigenvalue weighted by Gasteiger charge is -2.18. The Morgan fingerprint density at radius 3 is 3.04 bits per heavy atom. The van der Waals surface area contributed by atoms with Crippen molar-refractivity contribution in [3.8, 4) is 0 Å². The van der Waals surface area contributed by atoms with Crippen LogP contribution in [0, 0.1) is 5.92 Å². The van der Waals surface area contributed by atoms with Gasteiger partial charge >= 0.3 is 0 Å². The maximum atomic E-state index is 12.4. The molecule has 0 aliphatic carbocycles. The van der Waals surface area contributed by atoms with E-state index in [1.807, 2.05) is 24.3 Å². The molecular formula is C18H19N5O2S. The van der Waals surface area contributed by atoms with Crippen LogP contribution in [0.2, 0.25) is 0 Å². The number of carbonyl (C=O) groups is 1. The highest BCUT2D eigenvalue weighted by molar-refractivity contribution is 7.20. The summed E-state index contributed by atoms with van der Waals surface area (Å²) in [7, 11) is 1.64. The molecule has 1 fully saturated rings. The number of nitrogens with zero attached hydrogens (tertiary/aromatic N) is 4. The molecule has 8 heteroatoms. The second-order valence-electron chi connectivity index (χ2n) is 6.47. The smallest absolute Gasteiger partial charge is 0.280 e. The van der Waals surface area contributed by atoms with Crippen molar-refractivity contribution in [2.75, 3.05) is 24.5 Å². The van der Waals surface area contributed by atoms with E-state index in [2.05, 4.69) is 20.3 Å². The predicted molar refractivity (Wildman–Crippen MR) is 102 cm³/mol. The molecule has 3 aromatic rings. The van der Waals surface area contributed by atoms with Crippen LogP contribution in [-0.2, 0) is 7.05 Å². The third kappa shape index (κ3) is 3.32. The Labute approximate surface area is 154 Å². The summed E-state index contributed by atoms with van der Waals surface area (Å²) < 4.78 is 2.33. The van der Waals surface area contributed by atoms with E-state index in [0.29, 0.717) is 17.5 Å². The molecule has 26 heavy (non-hydrogen) atoms. The number of carbonyl (C=O) groups excluding carboxylic acids is 1. The maximum absolute atomic E-state index is 12.4. The van der Waals surface area contributed by atoms with Crippen LogP contribution in [0.1, 0.15) is 16.2 Å². The molecule has 3 heterocycles. The fourth-order valence-electron chi connectivity index (χ4n) is 3.15. The molecule has 1 amide bonds. The number of para-hydroxylation sites is 1. The molecule has 2 aromatic heterocycles. The van der Waals surface area contributed by atoms with Crippen LogP contribution in [0.3, 0.4) is 0 Å². The molecule has 1 N–H and O–H groups in total. The summed E-state index contributed by atoms with van der Waals surface area (Å²) in [6.45, 7) is 2.26. The van der Waals surface area contributed by atoms with Crippen LogP contribution in [0.4, 0.5) is 5.69 Å². The normalized spacial score (nSPS) is 17.0. The number of benzene rings is 1. The Hall–Kier alpha value is -2.74. The predicted octanol–water partition coefficient (Wildman–Crippen LogP) is 1.65. The van der Waals surface area contributed by atoms with Crippen molar-refractivity contribution in [3.63, 3.8) is 0 Å². The lowest BCUT2D eigenvalue weighted by molar-refractivity contribution is 0.0948. The second kappa shape index (κ2) is 6.87. The molecule has 1 saturated heterocycles. The van der Waals surface area contributed by atoms with E-state index >= 15 is 0 Å². The fraction of sp³-hybridized carbons (Fsp3) is 0.333. The van der Waals surface area contributed by atoms with Crippen LogP contribution in [0.25, 0.3) is 10.2 Å². The lowest BCUT2D eigenvalue weighted by atomic mass is 10.1. The molecule has 0 spiro atoms. The Morgan fingerprint density at radius 2 is 2.23 bits per heavy atom. The van der Waals surface area contributed by atoms with Crippen molar-refractivity contribution in [2.24, 2.45) is 13.0 Å². The van der Waals surface area contributed by atoms with Gasteiger partial charge in [-0.3, -0.25) is 9.59 Å². The Kier molecular flexibility index (Phi) is 4.42. The summed E-state index contributed by atoms with van der Waals surface area (Å²) in [5.41, 5.74) is 1.58. The molecule has 0 saturated carbocycles. The SMILES string of the molecule is Cn1ncc(N2CCC(CNC(=O)c3nc4ccccc4s3)C2)cc1=O. The van der Waals surface area contributed by atoms with Gasteiger partial charge in [0, 0.05) is 32.7 Å². The van der Waals surface area contributed by atoms with Gasteiger partial charge in [0.15, 0.2) is 5.01 Å². The molecule has 1 aliphatic rings. The first-order valence-electron chi connectivity index (χ1n) is 8.52. The molecule has 134 valence electrons. The number of fused-ring (bicyclic) bond motifs is 1. The Balaban J connectivity index is 1.35. The fourth-order valence-corrected chi connectivity index (χ4v) is 4.03. The van der Waals surface area contributed by atoms with E-state index in [9.17, 15) is 9.59 Å². The van der Waals surface area contributed by atoms with Gasteiger partial charge in [-0.15, -0.1) is 11.3 Å². The van der Waals surface area contributed by atoms with Gasteiger partial charge in [0.2, 0.25) is 0 Å². The van der Waals surface area contributed by atoms with Gasteiger partial charge in [-0.05, 0) is 24.5 Å². The number of hydrogen-bond acceptors (Lipinski definition) is 6. The van der Waals surface area contributed by atoms with Crippen molar-refractivity contribution < 1.29 is 4.79 Å². The molecule has 0 bridgehead atoms. The van der Waals surface area contributed by atoms with E-state index in [4.69, 9.17) is 0 Å². The third-order valence-corrected chi connectivity index (χ3v) is 5.68. The number of aryl methyl sites for hydroxylation is 1. The zero-order valence-corrected chi connectivity index (χ0v) is 15.2. The zero-order chi connectivity index (χ0) is 18.1. The number of thiazole rings is 1. The molecule has 1 aliphatic heterocycles. The minimum atomic E-state index is -0.125. The Bertz CT molecular complexity index is 979. The summed E-state index contributed by atoms with van der Waals surface area (Å²) in [4.78, 5) is 30.6. The van der Waals surface area contributed by atoms with Crippen LogP contribution in [-0.4, -0.2) is 40.3 Å². The van der Waals surface area contributed by atoms with Crippen molar-refractivity contribution in [3.05, 3.63) is 51.9 Å².